The highest BCUT2D eigenvalue weighted by Gasteiger charge is 2.11. The first kappa shape index (κ1) is 8.04. The van der Waals surface area contributed by atoms with Gasteiger partial charge in [0.05, 0.1) is 23.9 Å². The highest BCUT2D eigenvalue weighted by atomic mass is 15.3. The van der Waals surface area contributed by atoms with Gasteiger partial charge in [0.25, 0.3) is 0 Å². The molecular weight excluding hydrogens is 164 g/mol. The van der Waals surface area contributed by atoms with Crippen LogP contribution in [-0.4, -0.2) is 19.7 Å². The molecule has 2 rings (SSSR count). The number of hydrogen-bond donors (Lipinski definition) is 1. The van der Waals surface area contributed by atoms with Gasteiger partial charge in [0, 0.05) is 18.3 Å². The van der Waals surface area contributed by atoms with Crippen molar-refractivity contribution >= 4 is 0 Å². The van der Waals surface area contributed by atoms with Gasteiger partial charge in [-0.15, -0.1) is 0 Å². The summed E-state index contributed by atoms with van der Waals surface area (Å²) in [5.74, 6) is 0. The Kier molecular flexibility index (Phi) is 1.69. The lowest BCUT2D eigenvalue weighted by Gasteiger charge is -1.96. The molecule has 68 valence electrons. The zero-order valence-electron chi connectivity index (χ0n) is 8.00. The lowest BCUT2D eigenvalue weighted by atomic mass is 10.1. The van der Waals surface area contributed by atoms with E-state index < -0.39 is 0 Å². The van der Waals surface area contributed by atoms with E-state index in [4.69, 9.17) is 0 Å². The number of nitrogens with one attached hydrogen (secondary N) is 1. The molecule has 4 nitrogen and oxygen atoms in total. The zero-order chi connectivity index (χ0) is 9.42. The van der Waals surface area contributed by atoms with Crippen LogP contribution in [0, 0.1) is 13.8 Å². The summed E-state index contributed by atoms with van der Waals surface area (Å²) in [5, 5.41) is 4.34. The highest BCUT2D eigenvalue weighted by molar-refractivity contribution is 5.63. The average Bonchev–Trinajstić information content (AvgIpc) is 2.63. The Morgan fingerprint density at radius 2 is 2.15 bits per heavy atom. The van der Waals surface area contributed by atoms with E-state index in [0.717, 1.165) is 22.6 Å². The predicted octanol–water partition coefficient (Wildman–Crippen LogP) is 1.43. The van der Waals surface area contributed by atoms with Gasteiger partial charge in [0.1, 0.15) is 0 Å². The predicted molar refractivity (Wildman–Crippen MR) is 50.3 cm³/mol. The number of aromatic nitrogens is 4. The van der Waals surface area contributed by atoms with E-state index in [2.05, 4.69) is 22.0 Å². The van der Waals surface area contributed by atoms with Gasteiger partial charge in [0.15, 0.2) is 0 Å². The van der Waals surface area contributed by atoms with Crippen LogP contribution in [-0.2, 0) is 7.05 Å². The number of aryl methyl sites for hydroxylation is 2. The van der Waals surface area contributed by atoms with Crippen molar-refractivity contribution in [3.63, 3.8) is 0 Å². The van der Waals surface area contributed by atoms with Crippen molar-refractivity contribution in [2.75, 3.05) is 0 Å². The van der Waals surface area contributed by atoms with Crippen LogP contribution >= 0.6 is 0 Å². The molecule has 0 fully saturated rings. The normalized spacial score (nSPS) is 10.7. The lowest BCUT2D eigenvalue weighted by Crippen LogP contribution is -1.92. The summed E-state index contributed by atoms with van der Waals surface area (Å²) >= 11 is 0. The fourth-order valence-corrected chi connectivity index (χ4v) is 1.56. The van der Waals surface area contributed by atoms with Crippen molar-refractivity contribution < 1.29 is 0 Å². The van der Waals surface area contributed by atoms with Crippen LogP contribution in [0.3, 0.4) is 0 Å². The molecule has 2 aromatic heterocycles. The molecular formula is C9H12N4. The SMILES string of the molecule is Cc1nn(C)c(C)c1-c1cnc[nH]1. The van der Waals surface area contributed by atoms with Crippen molar-refractivity contribution in [1.82, 2.24) is 19.7 Å². The van der Waals surface area contributed by atoms with Crippen LogP contribution in [0.5, 0.6) is 0 Å². The fourth-order valence-electron chi connectivity index (χ4n) is 1.56. The minimum Gasteiger partial charge on any atom is -0.345 e. The molecule has 1 N–H and O–H groups in total. The van der Waals surface area contributed by atoms with E-state index in [-0.39, 0.29) is 0 Å². The smallest absolute Gasteiger partial charge is 0.0924 e. The number of H-pyrrole nitrogens is 1. The molecule has 0 saturated heterocycles. The number of hydrogen-bond acceptors (Lipinski definition) is 2. The Labute approximate surface area is 76.6 Å². The summed E-state index contributed by atoms with van der Waals surface area (Å²) in [7, 11) is 1.95. The first-order chi connectivity index (χ1) is 6.20. The van der Waals surface area contributed by atoms with Crippen molar-refractivity contribution in [2.24, 2.45) is 7.05 Å². The number of aromatic amines is 1. The summed E-state index contributed by atoms with van der Waals surface area (Å²) in [6.45, 7) is 4.05. The monoisotopic (exact) mass is 176 g/mol. The average molecular weight is 176 g/mol. The molecule has 0 saturated carbocycles. The molecule has 0 aromatic carbocycles. The van der Waals surface area contributed by atoms with Gasteiger partial charge in [-0.05, 0) is 13.8 Å². The zero-order valence-corrected chi connectivity index (χ0v) is 8.00. The Morgan fingerprint density at radius 3 is 2.62 bits per heavy atom. The molecule has 0 spiro atoms. The van der Waals surface area contributed by atoms with E-state index >= 15 is 0 Å². The van der Waals surface area contributed by atoms with Crippen molar-refractivity contribution in [1.29, 1.82) is 0 Å². The Hall–Kier alpha value is -1.58. The number of rotatable bonds is 1. The van der Waals surface area contributed by atoms with Crippen LogP contribution in [0.1, 0.15) is 11.4 Å². The van der Waals surface area contributed by atoms with E-state index in [9.17, 15) is 0 Å². The minimum atomic E-state index is 1.03. The summed E-state index contributed by atoms with van der Waals surface area (Å²) in [5.41, 5.74) is 4.37. The van der Waals surface area contributed by atoms with Crippen molar-refractivity contribution in [2.45, 2.75) is 13.8 Å². The third kappa shape index (κ3) is 1.14. The standard InChI is InChI=1S/C9H12N4/c1-6-9(7(2)13(3)12-6)8-4-10-5-11-8/h4-5H,1-3H3,(H,10,11). The summed E-state index contributed by atoms with van der Waals surface area (Å²) in [4.78, 5) is 7.08. The molecule has 0 aliphatic heterocycles. The molecule has 0 atom stereocenters. The van der Waals surface area contributed by atoms with E-state index in [0.29, 0.717) is 0 Å². The molecule has 0 aliphatic carbocycles. The summed E-state index contributed by atoms with van der Waals surface area (Å²) in [6, 6.07) is 0. The Morgan fingerprint density at radius 1 is 1.38 bits per heavy atom. The van der Waals surface area contributed by atoms with E-state index in [1.54, 1.807) is 6.33 Å². The molecule has 0 aliphatic rings. The maximum atomic E-state index is 4.34. The maximum Gasteiger partial charge on any atom is 0.0924 e. The van der Waals surface area contributed by atoms with Crippen LogP contribution < -0.4 is 0 Å². The van der Waals surface area contributed by atoms with Gasteiger partial charge in [-0.2, -0.15) is 5.10 Å². The number of imidazole rings is 1. The first-order valence-electron chi connectivity index (χ1n) is 4.19. The van der Waals surface area contributed by atoms with Crippen LogP contribution in [0.15, 0.2) is 12.5 Å². The Balaban J connectivity index is 2.64. The quantitative estimate of drug-likeness (QED) is 0.714. The lowest BCUT2D eigenvalue weighted by molar-refractivity contribution is 0.731. The molecule has 0 radical (unpaired) electrons. The first-order valence-corrected chi connectivity index (χ1v) is 4.19. The van der Waals surface area contributed by atoms with Gasteiger partial charge in [-0.25, -0.2) is 4.98 Å². The molecule has 2 aromatic rings. The fraction of sp³-hybridized carbons (Fsp3) is 0.333. The molecule has 0 bridgehead atoms. The van der Waals surface area contributed by atoms with Gasteiger partial charge in [0.2, 0.25) is 0 Å². The van der Waals surface area contributed by atoms with Crippen molar-refractivity contribution in [3.05, 3.63) is 23.9 Å². The summed E-state index contributed by atoms with van der Waals surface area (Å²) in [6.07, 6.45) is 3.50. The number of nitrogens with zero attached hydrogens (tertiary/aromatic N) is 3. The van der Waals surface area contributed by atoms with Crippen molar-refractivity contribution in [3.8, 4) is 11.3 Å². The Bertz CT molecular complexity index is 411. The molecule has 2 heterocycles. The second-order valence-electron chi connectivity index (χ2n) is 3.13. The van der Waals surface area contributed by atoms with E-state index in [1.165, 1.54) is 0 Å². The third-order valence-corrected chi connectivity index (χ3v) is 2.28. The molecule has 0 amide bonds. The van der Waals surface area contributed by atoms with Crippen LogP contribution in [0.2, 0.25) is 0 Å². The third-order valence-electron chi connectivity index (χ3n) is 2.28. The van der Waals surface area contributed by atoms with Gasteiger partial charge in [-0.1, -0.05) is 0 Å². The second-order valence-corrected chi connectivity index (χ2v) is 3.13. The van der Waals surface area contributed by atoms with Crippen LogP contribution in [0.4, 0.5) is 0 Å². The van der Waals surface area contributed by atoms with Gasteiger partial charge >= 0.3 is 0 Å². The summed E-state index contributed by atoms with van der Waals surface area (Å²) < 4.78 is 1.88. The van der Waals surface area contributed by atoms with E-state index in [1.807, 2.05) is 24.9 Å². The van der Waals surface area contributed by atoms with Gasteiger partial charge in [-0.3, -0.25) is 4.68 Å². The molecule has 13 heavy (non-hydrogen) atoms. The molecule has 4 heteroatoms. The van der Waals surface area contributed by atoms with Crippen LogP contribution in [0.25, 0.3) is 11.3 Å². The molecule has 0 unspecified atom stereocenters. The second kappa shape index (κ2) is 2.73. The minimum absolute atomic E-state index is 1.03. The van der Waals surface area contributed by atoms with Gasteiger partial charge < -0.3 is 4.98 Å². The topological polar surface area (TPSA) is 46.5 Å². The largest absolute Gasteiger partial charge is 0.345 e. The maximum absolute atomic E-state index is 4.34. The highest BCUT2D eigenvalue weighted by Crippen LogP contribution is 2.23.